The minimum absolute atomic E-state index is 0.0204. The maximum absolute atomic E-state index is 14.2. The van der Waals surface area contributed by atoms with E-state index >= 15 is 0 Å². The second-order valence-corrected chi connectivity index (χ2v) is 8.05. The summed E-state index contributed by atoms with van der Waals surface area (Å²) in [5.41, 5.74) is 0.885. The number of terminal acetylenes is 1. The molecule has 2 rings (SSSR count). The van der Waals surface area contributed by atoms with Crippen LogP contribution in [0.5, 0.6) is 0 Å². The Hall–Kier alpha value is -2.70. The SMILES string of the molecule is C#Cc1cc(CNC(=O)/C=C/c2ccc(Br)nc2)cc(F)c1NS(C)(=O)=O. The zero-order valence-corrected chi connectivity index (χ0v) is 16.6. The molecule has 6 nitrogen and oxygen atoms in total. The number of anilines is 1. The molecular formula is C18H15BrFN3O3S. The second kappa shape index (κ2) is 8.79. The Labute approximate surface area is 165 Å². The van der Waals surface area contributed by atoms with Crippen molar-refractivity contribution in [3.63, 3.8) is 0 Å². The zero-order valence-electron chi connectivity index (χ0n) is 14.2. The summed E-state index contributed by atoms with van der Waals surface area (Å²) in [6, 6.07) is 6.06. The molecule has 1 heterocycles. The van der Waals surface area contributed by atoms with Gasteiger partial charge in [0, 0.05) is 18.8 Å². The van der Waals surface area contributed by atoms with Gasteiger partial charge in [0.25, 0.3) is 0 Å². The number of pyridine rings is 1. The van der Waals surface area contributed by atoms with Crippen LogP contribution in [-0.2, 0) is 21.4 Å². The molecule has 0 fully saturated rings. The van der Waals surface area contributed by atoms with E-state index in [0.29, 0.717) is 10.2 Å². The van der Waals surface area contributed by atoms with E-state index in [0.717, 1.165) is 17.9 Å². The minimum Gasteiger partial charge on any atom is -0.348 e. The predicted octanol–water partition coefficient (Wildman–Crippen LogP) is 2.67. The fraction of sp³-hybridized carbons (Fsp3) is 0.111. The minimum atomic E-state index is -3.68. The Morgan fingerprint density at radius 3 is 2.74 bits per heavy atom. The van der Waals surface area contributed by atoms with Crippen LogP contribution in [0.3, 0.4) is 0 Å². The molecule has 0 unspecified atom stereocenters. The van der Waals surface area contributed by atoms with Crippen molar-refractivity contribution in [2.75, 3.05) is 11.0 Å². The first-order valence-corrected chi connectivity index (χ1v) is 10.2. The molecule has 9 heteroatoms. The smallest absolute Gasteiger partial charge is 0.244 e. The lowest BCUT2D eigenvalue weighted by atomic mass is 10.1. The molecule has 0 saturated heterocycles. The highest BCUT2D eigenvalue weighted by molar-refractivity contribution is 9.10. The number of aromatic nitrogens is 1. The normalized spacial score (nSPS) is 11.2. The highest BCUT2D eigenvalue weighted by Crippen LogP contribution is 2.22. The number of amides is 1. The van der Waals surface area contributed by atoms with Crippen LogP contribution in [0.15, 0.2) is 41.1 Å². The van der Waals surface area contributed by atoms with Crippen LogP contribution >= 0.6 is 15.9 Å². The number of hydrogen-bond donors (Lipinski definition) is 2. The van der Waals surface area contributed by atoms with E-state index in [4.69, 9.17) is 6.42 Å². The summed E-state index contributed by atoms with van der Waals surface area (Å²) in [6.07, 6.45) is 10.7. The van der Waals surface area contributed by atoms with Crippen molar-refractivity contribution < 1.29 is 17.6 Å². The number of nitrogens with one attached hydrogen (secondary N) is 2. The van der Waals surface area contributed by atoms with E-state index in [1.165, 1.54) is 12.1 Å². The van der Waals surface area contributed by atoms with Crippen LogP contribution < -0.4 is 10.0 Å². The predicted molar refractivity (Wildman–Crippen MR) is 106 cm³/mol. The maximum atomic E-state index is 14.2. The molecule has 0 atom stereocenters. The topological polar surface area (TPSA) is 88.2 Å². The first kappa shape index (κ1) is 20.6. The van der Waals surface area contributed by atoms with Gasteiger partial charge < -0.3 is 5.32 Å². The molecule has 140 valence electrons. The van der Waals surface area contributed by atoms with E-state index in [-0.39, 0.29) is 23.7 Å². The number of benzene rings is 1. The van der Waals surface area contributed by atoms with Gasteiger partial charge in [0.1, 0.15) is 10.4 Å². The molecule has 1 aromatic heterocycles. The fourth-order valence-electron chi connectivity index (χ4n) is 2.07. The number of halogens is 2. The van der Waals surface area contributed by atoms with E-state index in [9.17, 15) is 17.6 Å². The Morgan fingerprint density at radius 1 is 1.41 bits per heavy atom. The third-order valence-electron chi connectivity index (χ3n) is 3.24. The summed E-state index contributed by atoms with van der Waals surface area (Å²) in [6.45, 7) is 0.0204. The average molecular weight is 452 g/mol. The van der Waals surface area contributed by atoms with Crippen molar-refractivity contribution >= 4 is 43.6 Å². The van der Waals surface area contributed by atoms with Crippen molar-refractivity contribution in [2.24, 2.45) is 0 Å². The first-order valence-electron chi connectivity index (χ1n) is 7.52. The van der Waals surface area contributed by atoms with Crippen LogP contribution in [0.1, 0.15) is 16.7 Å². The number of nitrogens with zero attached hydrogens (tertiary/aromatic N) is 1. The quantitative estimate of drug-likeness (QED) is 0.401. The van der Waals surface area contributed by atoms with Gasteiger partial charge >= 0.3 is 0 Å². The van der Waals surface area contributed by atoms with Crippen LogP contribution in [0, 0.1) is 18.2 Å². The van der Waals surface area contributed by atoms with Gasteiger partial charge in [-0.25, -0.2) is 17.8 Å². The molecule has 27 heavy (non-hydrogen) atoms. The number of rotatable bonds is 6. The van der Waals surface area contributed by atoms with E-state index < -0.39 is 15.8 Å². The van der Waals surface area contributed by atoms with Crippen molar-refractivity contribution in [3.8, 4) is 12.3 Å². The molecule has 1 amide bonds. The monoisotopic (exact) mass is 451 g/mol. The standard InChI is InChI=1S/C18H15BrFN3O3S/c1-3-14-8-13(9-15(20)18(14)23-27(2,25)26)11-22-17(24)7-5-12-4-6-16(19)21-10-12/h1,4-10,23H,11H2,2H3,(H,22,24)/b7-5+. The number of sulfonamides is 1. The van der Waals surface area contributed by atoms with Gasteiger partial charge in [-0.05, 0) is 51.3 Å². The summed E-state index contributed by atoms with van der Waals surface area (Å²) >= 11 is 3.22. The highest BCUT2D eigenvalue weighted by Gasteiger charge is 2.14. The summed E-state index contributed by atoms with van der Waals surface area (Å²) in [7, 11) is -3.68. The van der Waals surface area contributed by atoms with E-state index in [1.54, 1.807) is 24.4 Å². The Balaban J connectivity index is 2.07. The average Bonchev–Trinajstić information content (AvgIpc) is 2.60. The lowest BCUT2D eigenvalue weighted by molar-refractivity contribution is -0.116. The Kier molecular flexibility index (Phi) is 6.71. The van der Waals surface area contributed by atoms with Crippen LogP contribution in [-0.4, -0.2) is 25.6 Å². The molecular weight excluding hydrogens is 437 g/mol. The van der Waals surface area contributed by atoms with Gasteiger partial charge in [-0.2, -0.15) is 0 Å². The lowest BCUT2D eigenvalue weighted by Crippen LogP contribution is -2.20. The van der Waals surface area contributed by atoms with E-state index in [1.807, 2.05) is 0 Å². The van der Waals surface area contributed by atoms with Crippen molar-refractivity contribution in [3.05, 3.63) is 63.6 Å². The van der Waals surface area contributed by atoms with E-state index in [2.05, 4.69) is 36.9 Å². The number of carbonyl (C=O) groups is 1. The molecule has 0 radical (unpaired) electrons. The van der Waals surface area contributed by atoms with Gasteiger partial charge in [0.2, 0.25) is 15.9 Å². The summed E-state index contributed by atoms with van der Waals surface area (Å²) in [5.74, 6) is 1.02. The summed E-state index contributed by atoms with van der Waals surface area (Å²) in [4.78, 5) is 15.9. The van der Waals surface area contributed by atoms with Crippen LogP contribution in [0.4, 0.5) is 10.1 Å². The molecule has 0 saturated carbocycles. The molecule has 0 aliphatic rings. The highest BCUT2D eigenvalue weighted by atomic mass is 79.9. The van der Waals surface area contributed by atoms with Crippen molar-refractivity contribution in [1.82, 2.24) is 10.3 Å². The Morgan fingerprint density at radius 2 is 2.15 bits per heavy atom. The summed E-state index contributed by atoms with van der Waals surface area (Å²) in [5, 5.41) is 2.60. The fourth-order valence-corrected chi connectivity index (χ4v) is 2.89. The molecule has 1 aromatic carbocycles. The molecule has 0 aliphatic carbocycles. The molecule has 0 bridgehead atoms. The van der Waals surface area contributed by atoms with Crippen molar-refractivity contribution in [1.29, 1.82) is 0 Å². The van der Waals surface area contributed by atoms with Gasteiger partial charge in [0.15, 0.2) is 0 Å². The number of carbonyl (C=O) groups excluding carboxylic acids is 1. The second-order valence-electron chi connectivity index (χ2n) is 5.48. The molecule has 2 N–H and O–H groups in total. The molecule has 0 spiro atoms. The van der Waals surface area contributed by atoms with Gasteiger partial charge in [0.05, 0.1) is 17.5 Å². The van der Waals surface area contributed by atoms with Crippen molar-refractivity contribution in [2.45, 2.75) is 6.54 Å². The van der Waals surface area contributed by atoms with Gasteiger partial charge in [-0.1, -0.05) is 12.0 Å². The Bertz CT molecular complexity index is 1030. The van der Waals surface area contributed by atoms with Gasteiger partial charge in [-0.15, -0.1) is 6.42 Å². The lowest BCUT2D eigenvalue weighted by Gasteiger charge is -2.11. The number of hydrogen-bond acceptors (Lipinski definition) is 4. The third-order valence-corrected chi connectivity index (χ3v) is 4.28. The largest absolute Gasteiger partial charge is 0.348 e. The molecule has 0 aliphatic heterocycles. The van der Waals surface area contributed by atoms with Gasteiger partial charge in [-0.3, -0.25) is 9.52 Å². The third kappa shape index (κ3) is 6.51. The molecule has 2 aromatic rings. The first-order chi connectivity index (χ1) is 12.7. The van der Waals surface area contributed by atoms with Crippen LogP contribution in [0.2, 0.25) is 0 Å². The summed E-state index contributed by atoms with van der Waals surface area (Å²) < 4.78 is 39.6. The van der Waals surface area contributed by atoms with Crippen LogP contribution in [0.25, 0.3) is 6.08 Å². The zero-order chi connectivity index (χ0) is 20.0. The maximum Gasteiger partial charge on any atom is 0.244 e.